The standard InChI is InChI=1S/C16H33NO/c1-3-4-5-6-7-8-9-10-11-12-13-17-14-16(2)15-18/h15-17H,3-14H2,1-2H3. The third-order valence-electron chi connectivity index (χ3n) is 3.41. The zero-order chi connectivity index (χ0) is 13.5. The molecule has 1 unspecified atom stereocenters. The molecule has 2 heteroatoms. The fraction of sp³-hybridized carbons (Fsp3) is 0.938. The SMILES string of the molecule is CCCCCCCCCCCCNCC(C)C=O. The minimum absolute atomic E-state index is 0.160. The molecule has 0 aliphatic rings. The van der Waals surface area contributed by atoms with Gasteiger partial charge in [-0.15, -0.1) is 0 Å². The van der Waals surface area contributed by atoms with E-state index in [1.54, 1.807) is 0 Å². The van der Waals surface area contributed by atoms with Crippen molar-refractivity contribution in [2.24, 2.45) is 5.92 Å². The Hall–Kier alpha value is -0.370. The second-order valence-corrected chi connectivity index (χ2v) is 5.50. The Morgan fingerprint density at radius 2 is 1.39 bits per heavy atom. The third-order valence-corrected chi connectivity index (χ3v) is 3.41. The molecule has 0 aromatic heterocycles. The maximum Gasteiger partial charge on any atom is 0.124 e. The number of carbonyl (C=O) groups is 1. The lowest BCUT2D eigenvalue weighted by Gasteiger charge is -2.06. The Balaban J connectivity index is 2.96. The van der Waals surface area contributed by atoms with Gasteiger partial charge in [-0.2, -0.15) is 0 Å². The lowest BCUT2D eigenvalue weighted by Crippen LogP contribution is -2.22. The van der Waals surface area contributed by atoms with Crippen LogP contribution in [0, 0.1) is 5.92 Å². The molecule has 2 nitrogen and oxygen atoms in total. The molecule has 0 aliphatic heterocycles. The summed E-state index contributed by atoms with van der Waals surface area (Å²) >= 11 is 0. The van der Waals surface area contributed by atoms with E-state index in [1.165, 1.54) is 64.2 Å². The molecule has 0 fully saturated rings. The van der Waals surface area contributed by atoms with E-state index >= 15 is 0 Å². The number of aldehydes is 1. The summed E-state index contributed by atoms with van der Waals surface area (Å²) < 4.78 is 0. The van der Waals surface area contributed by atoms with Gasteiger partial charge in [0.05, 0.1) is 0 Å². The smallest absolute Gasteiger partial charge is 0.124 e. The topological polar surface area (TPSA) is 29.1 Å². The van der Waals surface area contributed by atoms with Crippen LogP contribution >= 0.6 is 0 Å². The zero-order valence-corrected chi connectivity index (χ0v) is 12.5. The van der Waals surface area contributed by atoms with Crippen molar-refractivity contribution >= 4 is 6.29 Å². The number of unbranched alkanes of at least 4 members (excludes halogenated alkanes) is 9. The molecule has 0 aromatic rings. The van der Waals surface area contributed by atoms with E-state index in [2.05, 4.69) is 12.2 Å². The van der Waals surface area contributed by atoms with Crippen LogP contribution in [0.25, 0.3) is 0 Å². The van der Waals surface area contributed by atoms with Crippen molar-refractivity contribution in [2.75, 3.05) is 13.1 Å². The zero-order valence-electron chi connectivity index (χ0n) is 12.5. The molecular weight excluding hydrogens is 222 g/mol. The Kier molecular flexibility index (Phi) is 14.4. The summed E-state index contributed by atoms with van der Waals surface area (Å²) in [6, 6.07) is 0. The van der Waals surface area contributed by atoms with E-state index in [9.17, 15) is 4.79 Å². The van der Waals surface area contributed by atoms with Crippen molar-refractivity contribution in [3.63, 3.8) is 0 Å². The van der Waals surface area contributed by atoms with Crippen molar-refractivity contribution in [1.82, 2.24) is 5.32 Å². The normalized spacial score (nSPS) is 12.6. The molecule has 1 N–H and O–H groups in total. The summed E-state index contributed by atoms with van der Waals surface area (Å²) in [7, 11) is 0. The van der Waals surface area contributed by atoms with Gasteiger partial charge in [0.25, 0.3) is 0 Å². The van der Waals surface area contributed by atoms with Crippen molar-refractivity contribution in [2.45, 2.75) is 78.1 Å². The second-order valence-electron chi connectivity index (χ2n) is 5.50. The number of rotatable bonds is 14. The molecule has 0 saturated carbocycles. The Bertz CT molecular complexity index is 170. The van der Waals surface area contributed by atoms with E-state index in [-0.39, 0.29) is 5.92 Å². The van der Waals surface area contributed by atoms with E-state index < -0.39 is 0 Å². The summed E-state index contributed by atoms with van der Waals surface area (Å²) in [5.41, 5.74) is 0. The Labute approximate surface area is 114 Å². The van der Waals surface area contributed by atoms with Crippen molar-refractivity contribution in [1.29, 1.82) is 0 Å². The highest BCUT2D eigenvalue weighted by Crippen LogP contribution is 2.10. The van der Waals surface area contributed by atoms with Crippen LogP contribution < -0.4 is 5.32 Å². The van der Waals surface area contributed by atoms with Gasteiger partial charge in [0.2, 0.25) is 0 Å². The van der Waals surface area contributed by atoms with E-state index in [1.807, 2.05) is 6.92 Å². The quantitative estimate of drug-likeness (QED) is 0.370. The minimum atomic E-state index is 0.160. The van der Waals surface area contributed by atoms with Gasteiger partial charge in [0, 0.05) is 12.5 Å². The van der Waals surface area contributed by atoms with E-state index in [0.717, 1.165) is 19.4 Å². The summed E-state index contributed by atoms with van der Waals surface area (Å²) in [5, 5.41) is 3.33. The highest BCUT2D eigenvalue weighted by molar-refractivity contribution is 5.52. The number of nitrogens with one attached hydrogen (secondary N) is 1. The summed E-state index contributed by atoms with van der Waals surface area (Å²) in [5.74, 6) is 0.160. The average molecular weight is 255 g/mol. The van der Waals surface area contributed by atoms with Gasteiger partial charge in [-0.3, -0.25) is 0 Å². The Morgan fingerprint density at radius 3 is 1.89 bits per heavy atom. The van der Waals surface area contributed by atoms with Gasteiger partial charge >= 0.3 is 0 Å². The first-order chi connectivity index (χ1) is 8.81. The summed E-state index contributed by atoms with van der Waals surface area (Å²) in [4.78, 5) is 10.4. The van der Waals surface area contributed by atoms with Crippen LogP contribution in [-0.4, -0.2) is 19.4 Å². The molecule has 18 heavy (non-hydrogen) atoms. The fourth-order valence-corrected chi connectivity index (χ4v) is 2.12. The molecule has 0 aliphatic carbocycles. The summed E-state index contributed by atoms with van der Waals surface area (Å²) in [6.07, 6.45) is 14.8. The van der Waals surface area contributed by atoms with Gasteiger partial charge in [0.1, 0.15) is 6.29 Å². The Morgan fingerprint density at radius 1 is 0.889 bits per heavy atom. The minimum Gasteiger partial charge on any atom is -0.316 e. The average Bonchev–Trinajstić information content (AvgIpc) is 2.39. The molecular formula is C16H33NO. The van der Waals surface area contributed by atoms with Gasteiger partial charge in [-0.1, -0.05) is 71.6 Å². The highest BCUT2D eigenvalue weighted by Gasteiger charge is 1.97. The van der Waals surface area contributed by atoms with E-state index in [0.29, 0.717) is 0 Å². The van der Waals surface area contributed by atoms with Crippen LogP contribution in [0.5, 0.6) is 0 Å². The molecule has 0 spiro atoms. The molecule has 0 rings (SSSR count). The second kappa shape index (κ2) is 14.7. The molecule has 0 saturated heterocycles. The van der Waals surface area contributed by atoms with Crippen molar-refractivity contribution in [3.05, 3.63) is 0 Å². The lowest BCUT2D eigenvalue weighted by atomic mass is 10.1. The number of hydrogen-bond acceptors (Lipinski definition) is 2. The number of hydrogen-bond donors (Lipinski definition) is 1. The van der Waals surface area contributed by atoms with E-state index in [4.69, 9.17) is 0 Å². The molecule has 0 bridgehead atoms. The van der Waals surface area contributed by atoms with Crippen LogP contribution in [0.3, 0.4) is 0 Å². The molecule has 0 aromatic carbocycles. The first-order valence-electron chi connectivity index (χ1n) is 7.97. The maximum absolute atomic E-state index is 10.4. The molecule has 0 radical (unpaired) electrons. The van der Waals surface area contributed by atoms with Crippen LogP contribution in [-0.2, 0) is 4.79 Å². The largest absolute Gasteiger partial charge is 0.316 e. The van der Waals surface area contributed by atoms with Crippen molar-refractivity contribution < 1.29 is 4.79 Å². The van der Waals surface area contributed by atoms with Crippen molar-refractivity contribution in [3.8, 4) is 0 Å². The predicted molar refractivity (Wildman–Crippen MR) is 79.9 cm³/mol. The maximum atomic E-state index is 10.4. The van der Waals surface area contributed by atoms with Crippen LogP contribution in [0.2, 0.25) is 0 Å². The lowest BCUT2D eigenvalue weighted by molar-refractivity contribution is -0.110. The summed E-state index contributed by atoms with van der Waals surface area (Å²) in [6.45, 7) is 6.12. The number of carbonyl (C=O) groups excluding carboxylic acids is 1. The first-order valence-corrected chi connectivity index (χ1v) is 7.97. The van der Waals surface area contributed by atoms with Gasteiger partial charge in [0.15, 0.2) is 0 Å². The van der Waals surface area contributed by atoms with Gasteiger partial charge in [-0.05, 0) is 13.0 Å². The first kappa shape index (κ1) is 17.6. The molecule has 0 amide bonds. The van der Waals surface area contributed by atoms with Gasteiger partial charge in [-0.25, -0.2) is 0 Å². The third kappa shape index (κ3) is 13.7. The molecule has 1 atom stereocenters. The molecule has 0 heterocycles. The van der Waals surface area contributed by atoms with Crippen LogP contribution in [0.4, 0.5) is 0 Å². The monoisotopic (exact) mass is 255 g/mol. The highest BCUT2D eigenvalue weighted by atomic mass is 16.1. The van der Waals surface area contributed by atoms with Crippen LogP contribution in [0.1, 0.15) is 78.1 Å². The van der Waals surface area contributed by atoms with Crippen LogP contribution in [0.15, 0.2) is 0 Å². The predicted octanol–water partition coefficient (Wildman–Crippen LogP) is 4.33. The van der Waals surface area contributed by atoms with Gasteiger partial charge < -0.3 is 10.1 Å². The molecule has 108 valence electrons. The fourth-order valence-electron chi connectivity index (χ4n) is 2.12.